The number of rotatable bonds is 5. The molecule has 3 aliphatic heterocycles. The number of likely N-dealkylation sites (tertiary alicyclic amines) is 1. The van der Waals surface area contributed by atoms with Gasteiger partial charge in [-0.25, -0.2) is 0 Å². The van der Waals surface area contributed by atoms with E-state index < -0.39 is 5.60 Å². The van der Waals surface area contributed by atoms with Crippen LogP contribution in [0.1, 0.15) is 63.0 Å². The fourth-order valence-electron chi connectivity index (χ4n) is 8.87. The predicted molar refractivity (Wildman–Crippen MR) is 141 cm³/mol. The van der Waals surface area contributed by atoms with E-state index in [0.717, 1.165) is 50.0 Å². The van der Waals surface area contributed by atoms with Crippen molar-refractivity contribution in [1.29, 1.82) is 0 Å². The number of hydrogen-bond donors (Lipinski definition) is 1. The Labute approximate surface area is 220 Å². The van der Waals surface area contributed by atoms with Crippen LogP contribution in [0.3, 0.4) is 0 Å². The Hall–Kier alpha value is -2.21. The van der Waals surface area contributed by atoms with E-state index in [1.54, 1.807) is 0 Å². The van der Waals surface area contributed by atoms with Crippen LogP contribution < -0.4 is 0 Å². The van der Waals surface area contributed by atoms with Gasteiger partial charge < -0.3 is 14.6 Å². The smallest absolute Gasteiger partial charge is 0.310 e. The summed E-state index contributed by atoms with van der Waals surface area (Å²) < 4.78 is 12.2. The Kier molecular flexibility index (Phi) is 5.58. The summed E-state index contributed by atoms with van der Waals surface area (Å²) in [6, 6.07) is 20.0. The van der Waals surface area contributed by atoms with Crippen molar-refractivity contribution in [3.8, 4) is 0 Å². The molecule has 5 fully saturated rings. The molecule has 196 valence electrons. The number of benzene rings is 2. The van der Waals surface area contributed by atoms with E-state index in [0.29, 0.717) is 12.5 Å². The lowest BCUT2D eigenvalue weighted by Gasteiger charge is -2.51. The van der Waals surface area contributed by atoms with Crippen LogP contribution in [0.25, 0.3) is 0 Å². The van der Waals surface area contributed by atoms with E-state index in [1.807, 2.05) is 60.7 Å². The Morgan fingerprint density at radius 1 is 1.03 bits per heavy atom. The molecule has 1 N–H and O–H groups in total. The highest BCUT2D eigenvalue weighted by molar-refractivity contribution is 5.75. The van der Waals surface area contributed by atoms with Crippen LogP contribution in [0.4, 0.5) is 0 Å². The Morgan fingerprint density at radius 3 is 2.35 bits per heavy atom. The number of esters is 1. The fourth-order valence-corrected chi connectivity index (χ4v) is 8.87. The second-order valence-electron chi connectivity index (χ2n) is 12.8. The van der Waals surface area contributed by atoms with Gasteiger partial charge >= 0.3 is 5.97 Å². The largest absolute Gasteiger partial charge is 0.462 e. The van der Waals surface area contributed by atoms with Crippen molar-refractivity contribution in [2.75, 3.05) is 19.7 Å². The fraction of sp³-hybridized carbons (Fsp3) is 0.594. The average Bonchev–Trinajstić information content (AvgIpc) is 3.40. The Bertz CT molecular complexity index is 1110. The molecule has 5 nitrogen and oxygen atoms in total. The van der Waals surface area contributed by atoms with Crippen molar-refractivity contribution in [3.05, 3.63) is 71.8 Å². The molecule has 0 aromatic heterocycles. The molecule has 5 aliphatic rings. The van der Waals surface area contributed by atoms with Crippen molar-refractivity contribution in [2.24, 2.45) is 23.2 Å². The molecule has 2 aromatic rings. The third-order valence-electron chi connectivity index (χ3n) is 10.8. The average molecular weight is 502 g/mol. The van der Waals surface area contributed by atoms with Gasteiger partial charge in [-0.2, -0.15) is 0 Å². The third kappa shape index (κ3) is 3.72. The lowest BCUT2D eigenvalue weighted by Crippen LogP contribution is -2.53. The highest BCUT2D eigenvalue weighted by Crippen LogP contribution is 2.63. The van der Waals surface area contributed by atoms with Gasteiger partial charge in [0.2, 0.25) is 0 Å². The van der Waals surface area contributed by atoms with Crippen molar-refractivity contribution in [2.45, 2.75) is 75.2 Å². The topological polar surface area (TPSA) is 62.3 Å². The van der Waals surface area contributed by atoms with E-state index in [2.05, 4.69) is 11.8 Å². The molecule has 3 saturated heterocycles. The molecule has 0 amide bonds. The molecule has 0 bridgehead atoms. The predicted octanol–water partition coefficient (Wildman–Crippen LogP) is 4.91. The van der Waals surface area contributed by atoms with Crippen LogP contribution in [0.5, 0.6) is 0 Å². The van der Waals surface area contributed by atoms with Gasteiger partial charge in [-0.05, 0) is 74.0 Å². The van der Waals surface area contributed by atoms with Crippen LogP contribution in [0.15, 0.2) is 60.7 Å². The van der Waals surface area contributed by atoms with Gasteiger partial charge in [-0.15, -0.1) is 0 Å². The molecule has 2 aromatic carbocycles. The van der Waals surface area contributed by atoms with Gasteiger partial charge in [0, 0.05) is 18.5 Å². The monoisotopic (exact) mass is 501 g/mol. The summed E-state index contributed by atoms with van der Waals surface area (Å²) in [6.07, 6.45) is 7.52. The Balaban J connectivity index is 1.18. The minimum Gasteiger partial charge on any atom is -0.462 e. The number of ether oxygens (including phenoxy) is 2. The standard InChI is InChI=1S/C32H39NO4/c1-30-15-9-16-31(21-36-31)27(30)18-24-25(29(34)37-26(24)19-30)20-33-17-8-14-28(33)32(35,22-10-4-2-5-11-22)23-12-6-3-7-13-23/h2-7,10-13,24-28,35H,8-9,14-21H2,1H3/t24-,25-,26-,27-,28+,30-,31+/m1/s1. The van der Waals surface area contributed by atoms with Crippen molar-refractivity contribution in [3.63, 3.8) is 0 Å². The number of hydrogen-bond acceptors (Lipinski definition) is 5. The zero-order valence-corrected chi connectivity index (χ0v) is 21.9. The van der Waals surface area contributed by atoms with E-state index in [1.165, 1.54) is 19.3 Å². The summed E-state index contributed by atoms with van der Waals surface area (Å²) in [7, 11) is 0. The summed E-state index contributed by atoms with van der Waals surface area (Å²) in [5.74, 6) is 0.597. The SMILES string of the molecule is C[C@]12CCC[C@]3(CO3)[C@@H]1C[C@H]1[C@@H](C2)OC(=O)[C@@H]1CN1CCC[C@H]1C(O)(c1ccccc1)c1ccccc1. The van der Waals surface area contributed by atoms with E-state index in [-0.39, 0.29) is 41.0 Å². The van der Waals surface area contributed by atoms with Gasteiger partial charge in [0.05, 0.1) is 18.1 Å². The number of carbonyl (C=O) groups is 1. The van der Waals surface area contributed by atoms with Gasteiger partial charge in [0.1, 0.15) is 11.7 Å². The first-order valence-electron chi connectivity index (χ1n) is 14.3. The van der Waals surface area contributed by atoms with Gasteiger partial charge in [-0.1, -0.05) is 67.6 Å². The summed E-state index contributed by atoms with van der Waals surface area (Å²) in [5.41, 5.74) is 0.955. The number of nitrogens with zero attached hydrogens (tertiary/aromatic N) is 1. The van der Waals surface area contributed by atoms with Crippen molar-refractivity contribution < 1.29 is 19.4 Å². The van der Waals surface area contributed by atoms with Crippen LogP contribution in [0, 0.1) is 23.2 Å². The second-order valence-corrected chi connectivity index (χ2v) is 12.8. The lowest BCUT2D eigenvalue weighted by atomic mass is 9.53. The molecule has 37 heavy (non-hydrogen) atoms. The van der Waals surface area contributed by atoms with Crippen LogP contribution in [-0.2, 0) is 19.9 Å². The molecule has 7 atom stereocenters. The van der Waals surface area contributed by atoms with Crippen molar-refractivity contribution in [1.82, 2.24) is 4.90 Å². The Morgan fingerprint density at radius 2 is 1.70 bits per heavy atom. The molecule has 2 aliphatic carbocycles. The molecule has 0 unspecified atom stereocenters. The minimum atomic E-state index is -1.14. The highest BCUT2D eigenvalue weighted by Gasteiger charge is 2.65. The van der Waals surface area contributed by atoms with Gasteiger partial charge in [0.15, 0.2) is 0 Å². The maximum atomic E-state index is 13.4. The number of aliphatic hydroxyl groups is 1. The van der Waals surface area contributed by atoms with Gasteiger partial charge in [-0.3, -0.25) is 9.69 Å². The molecule has 5 heteroatoms. The molecule has 7 rings (SSSR count). The maximum Gasteiger partial charge on any atom is 0.310 e. The lowest BCUT2D eigenvalue weighted by molar-refractivity contribution is -0.147. The summed E-state index contributed by atoms with van der Waals surface area (Å²) in [6.45, 7) is 4.85. The van der Waals surface area contributed by atoms with E-state index >= 15 is 0 Å². The van der Waals surface area contributed by atoms with Gasteiger partial charge in [0.25, 0.3) is 0 Å². The second kappa shape index (κ2) is 8.65. The molecular weight excluding hydrogens is 462 g/mol. The van der Waals surface area contributed by atoms with Crippen LogP contribution in [0.2, 0.25) is 0 Å². The molecule has 1 spiro atoms. The third-order valence-corrected chi connectivity index (χ3v) is 10.8. The highest BCUT2D eigenvalue weighted by atomic mass is 16.6. The molecule has 2 saturated carbocycles. The zero-order chi connectivity index (χ0) is 25.3. The molecular formula is C32H39NO4. The summed E-state index contributed by atoms with van der Waals surface area (Å²) >= 11 is 0. The first-order chi connectivity index (χ1) is 17.9. The zero-order valence-electron chi connectivity index (χ0n) is 21.9. The first-order valence-corrected chi connectivity index (χ1v) is 14.3. The van der Waals surface area contributed by atoms with Crippen LogP contribution in [-0.4, -0.2) is 53.4 Å². The summed E-state index contributed by atoms with van der Waals surface area (Å²) in [4.78, 5) is 15.8. The number of epoxide rings is 1. The minimum absolute atomic E-state index is 0.0239. The van der Waals surface area contributed by atoms with Crippen molar-refractivity contribution >= 4 is 5.97 Å². The maximum absolute atomic E-state index is 13.4. The normalized spacial score (nSPS) is 39.3. The first kappa shape index (κ1) is 23.9. The van der Waals surface area contributed by atoms with E-state index in [9.17, 15) is 9.90 Å². The number of carbonyl (C=O) groups excluding carboxylic acids is 1. The van der Waals surface area contributed by atoms with E-state index in [4.69, 9.17) is 9.47 Å². The molecule has 3 heterocycles. The number of fused-ring (bicyclic) bond motifs is 3. The van der Waals surface area contributed by atoms with Crippen LogP contribution >= 0.6 is 0 Å². The quantitative estimate of drug-likeness (QED) is 0.466. The molecule has 0 radical (unpaired) electrons. The summed E-state index contributed by atoms with van der Waals surface area (Å²) in [5, 5.41) is 12.5.